The van der Waals surface area contributed by atoms with Crippen LogP contribution in [0.3, 0.4) is 0 Å². The highest BCUT2D eigenvalue weighted by molar-refractivity contribution is 9.10. The Balaban J connectivity index is 1.78. The molecule has 0 spiro atoms. The standard InChI is InChI=1S/C19H19BrN4OS/c1-3-14-6-4-5-7-16(14)21-17-18(25)24(2)19(23-22-17)26-12-13-8-10-15(20)11-9-13/h4-11H,3,12H2,1-2H3,(H,21,22). The van der Waals surface area contributed by atoms with E-state index >= 15 is 0 Å². The number of benzene rings is 2. The number of thioether (sulfide) groups is 1. The van der Waals surface area contributed by atoms with E-state index in [2.05, 4.69) is 38.4 Å². The zero-order valence-electron chi connectivity index (χ0n) is 14.6. The van der Waals surface area contributed by atoms with Gasteiger partial charge in [0.1, 0.15) is 0 Å². The largest absolute Gasteiger partial charge is 0.334 e. The van der Waals surface area contributed by atoms with E-state index in [0.717, 1.165) is 33.5 Å². The zero-order valence-corrected chi connectivity index (χ0v) is 17.0. The van der Waals surface area contributed by atoms with Crippen LogP contribution < -0.4 is 10.9 Å². The molecule has 0 saturated heterocycles. The van der Waals surface area contributed by atoms with Crippen LogP contribution in [-0.4, -0.2) is 14.8 Å². The minimum Gasteiger partial charge on any atom is -0.334 e. The maximum atomic E-state index is 12.6. The zero-order chi connectivity index (χ0) is 18.5. The third-order valence-electron chi connectivity index (χ3n) is 3.96. The van der Waals surface area contributed by atoms with Crippen LogP contribution in [0.5, 0.6) is 0 Å². The first-order valence-corrected chi connectivity index (χ1v) is 10.0. The lowest BCUT2D eigenvalue weighted by Crippen LogP contribution is -2.24. The lowest BCUT2D eigenvalue weighted by Gasteiger charge is -2.11. The molecule has 0 saturated carbocycles. The number of aromatic nitrogens is 3. The highest BCUT2D eigenvalue weighted by atomic mass is 79.9. The van der Waals surface area contributed by atoms with Crippen LogP contribution >= 0.6 is 27.7 Å². The normalized spacial score (nSPS) is 10.7. The van der Waals surface area contributed by atoms with Crippen LogP contribution in [0, 0.1) is 0 Å². The van der Waals surface area contributed by atoms with Crippen molar-refractivity contribution < 1.29 is 0 Å². The van der Waals surface area contributed by atoms with E-state index in [9.17, 15) is 4.79 Å². The number of nitrogens with zero attached hydrogens (tertiary/aromatic N) is 3. The van der Waals surface area contributed by atoms with Crippen molar-refractivity contribution in [3.05, 3.63) is 74.5 Å². The molecule has 0 aliphatic heterocycles. The van der Waals surface area contributed by atoms with Gasteiger partial charge in [0.25, 0.3) is 5.56 Å². The summed E-state index contributed by atoms with van der Waals surface area (Å²) in [4.78, 5) is 12.6. The summed E-state index contributed by atoms with van der Waals surface area (Å²) in [6, 6.07) is 16.0. The second-order valence-electron chi connectivity index (χ2n) is 5.75. The summed E-state index contributed by atoms with van der Waals surface area (Å²) < 4.78 is 2.58. The quantitative estimate of drug-likeness (QED) is 0.581. The summed E-state index contributed by atoms with van der Waals surface area (Å²) in [7, 11) is 1.72. The average Bonchev–Trinajstić information content (AvgIpc) is 2.66. The summed E-state index contributed by atoms with van der Waals surface area (Å²) in [5.74, 6) is 0.960. The molecule has 0 atom stereocenters. The Labute approximate surface area is 165 Å². The van der Waals surface area contributed by atoms with Crippen LogP contribution in [0.15, 0.2) is 63.0 Å². The van der Waals surface area contributed by atoms with E-state index in [1.807, 2.05) is 48.5 Å². The molecular formula is C19H19BrN4OS. The minimum absolute atomic E-state index is 0.191. The van der Waals surface area contributed by atoms with Crippen LogP contribution in [0.1, 0.15) is 18.1 Å². The molecule has 1 heterocycles. The van der Waals surface area contributed by atoms with Gasteiger partial charge in [-0.1, -0.05) is 64.9 Å². The first kappa shape index (κ1) is 18.7. The van der Waals surface area contributed by atoms with Gasteiger partial charge >= 0.3 is 0 Å². The Morgan fingerprint density at radius 2 is 1.85 bits per heavy atom. The summed E-state index contributed by atoms with van der Waals surface area (Å²) >= 11 is 4.92. The molecule has 2 aromatic carbocycles. The lowest BCUT2D eigenvalue weighted by atomic mass is 10.1. The highest BCUT2D eigenvalue weighted by Gasteiger charge is 2.11. The summed E-state index contributed by atoms with van der Waals surface area (Å²) in [5.41, 5.74) is 2.98. The molecule has 0 aliphatic rings. The molecule has 0 fully saturated rings. The fourth-order valence-electron chi connectivity index (χ4n) is 2.46. The van der Waals surface area contributed by atoms with E-state index in [-0.39, 0.29) is 11.4 Å². The molecule has 0 bridgehead atoms. The predicted octanol–water partition coefficient (Wildman–Crippen LogP) is 4.54. The third-order valence-corrected chi connectivity index (χ3v) is 5.58. The van der Waals surface area contributed by atoms with Crippen molar-refractivity contribution >= 4 is 39.2 Å². The first-order valence-electron chi connectivity index (χ1n) is 8.24. The predicted molar refractivity (Wildman–Crippen MR) is 110 cm³/mol. The number of hydrogen-bond acceptors (Lipinski definition) is 5. The van der Waals surface area contributed by atoms with Gasteiger partial charge in [-0.15, -0.1) is 10.2 Å². The van der Waals surface area contributed by atoms with Crippen molar-refractivity contribution in [2.24, 2.45) is 7.05 Å². The van der Waals surface area contributed by atoms with Gasteiger partial charge in [-0.25, -0.2) is 0 Å². The van der Waals surface area contributed by atoms with Gasteiger partial charge in [0, 0.05) is 23.0 Å². The van der Waals surface area contributed by atoms with E-state index in [4.69, 9.17) is 0 Å². The second-order valence-corrected chi connectivity index (χ2v) is 7.60. The summed E-state index contributed by atoms with van der Waals surface area (Å²) in [6.07, 6.45) is 0.873. The minimum atomic E-state index is -0.191. The van der Waals surface area contributed by atoms with Crippen molar-refractivity contribution in [1.82, 2.24) is 14.8 Å². The third kappa shape index (κ3) is 4.34. The van der Waals surface area contributed by atoms with Crippen molar-refractivity contribution in [2.45, 2.75) is 24.3 Å². The van der Waals surface area contributed by atoms with Gasteiger partial charge < -0.3 is 5.32 Å². The van der Waals surface area contributed by atoms with Gasteiger partial charge in [0.2, 0.25) is 5.82 Å². The first-order chi connectivity index (χ1) is 12.6. The molecule has 0 radical (unpaired) electrons. The van der Waals surface area contributed by atoms with Crippen molar-refractivity contribution in [1.29, 1.82) is 0 Å². The van der Waals surface area contributed by atoms with Gasteiger partial charge in [0.05, 0.1) is 0 Å². The van der Waals surface area contributed by atoms with Gasteiger partial charge in [-0.2, -0.15) is 0 Å². The lowest BCUT2D eigenvalue weighted by molar-refractivity contribution is 0.666. The van der Waals surface area contributed by atoms with E-state index in [0.29, 0.717) is 5.16 Å². The second kappa shape index (κ2) is 8.51. The Bertz CT molecular complexity index is 956. The fraction of sp³-hybridized carbons (Fsp3) is 0.211. The fourth-order valence-corrected chi connectivity index (χ4v) is 3.59. The Hall–Kier alpha value is -2.12. The number of halogens is 1. The molecule has 7 heteroatoms. The van der Waals surface area contributed by atoms with Crippen LogP contribution in [0.25, 0.3) is 0 Å². The monoisotopic (exact) mass is 430 g/mol. The molecule has 0 amide bonds. The Kier molecular flexibility index (Phi) is 6.11. The maximum Gasteiger partial charge on any atom is 0.297 e. The molecule has 134 valence electrons. The van der Waals surface area contributed by atoms with E-state index < -0.39 is 0 Å². The van der Waals surface area contributed by atoms with Crippen molar-refractivity contribution in [2.75, 3.05) is 5.32 Å². The van der Waals surface area contributed by atoms with Gasteiger partial charge in [-0.3, -0.25) is 9.36 Å². The van der Waals surface area contributed by atoms with Gasteiger partial charge in [0.15, 0.2) is 5.16 Å². The molecule has 3 aromatic rings. The number of aryl methyl sites for hydroxylation is 1. The summed E-state index contributed by atoms with van der Waals surface area (Å²) in [6.45, 7) is 2.08. The average molecular weight is 431 g/mol. The molecule has 0 aliphatic carbocycles. The topological polar surface area (TPSA) is 59.8 Å². The van der Waals surface area contributed by atoms with Crippen molar-refractivity contribution in [3.8, 4) is 0 Å². The van der Waals surface area contributed by atoms with E-state index in [1.54, 1.807) is 7.05 Å². The van der Waals surface area contributed by atoms with Crippen LogP contribution in [0.4, 0.5) is 11.5 Å². The van der Waals surface area contributed by atoms with Gasteiger partial charge in [-0.05, 0) is 35.7 Å². The summed E-state index contributed by atoms with van der Waals surface area (Å²) in [5, 5.41) is 12.0. The molecule has 0 unspecified atom stereocenters. The molecule has 1 N–H and O–H groups in total. The Morgan fingerprint density at radius 1 is 1.12 bits per heavy atom. The molecule has 1 aromatic heterocycles. The molecule has 3 rings (SSSR count). The SMILES string of the molecule is CCc1ccccc1Nc1nnc(SCc2ccc(Br)cc2)n(C)c1=O. The number of anilines is 2. The number of hydrogen-bond donors (Lipinski definition) is 1. The Morgan fingerprint density at radius 3 is 2.58 bits per heavy atom. The molecular weight excluding hydrogens is 412 g/mol. The van der Waals surface area contributed by atoms with Crippen LogP contribution in [-0.2, 0) is 19.2 Å². The highest BCUT2D eigenvalue weighted by Crippen LogP contribution is 2.22. The van der Waals surface area contributed by atoms with E-state index in [1.165, 1.54) is 16.3 Å². The van der Waals surface area contributed by atoms with Crippen LogP contribution in [0.2, 0.25) is 0 Å². The number of rotatable bonds is 6. The maximum absolute atomic E-state index is 12.6. The molecule has 5 nitrogen and oxygen atoms in total. The number of para-hydroxylation sites is 1. The molecule has 26 heavy (non-hydrogen) atoms. The smallest absolute Gasteiger partial charge is 0.297 e. The van der Waals surface area contributed by atoms with Crippen molar-refractivity contribution in [3.63, 3.8) is 0 Å². The number of nitrogens with one attached hydrogen (secondary N) is 1.